The fraction of sp³-hybridized carbons (Fsp3) is 0.435. The monoisotopic (exact) mass is 423 g/mol. The van der Waals surface area contributed by atoms with Gasteiger partial charge in [-0.15, -0.1) is 0 Å². The molecular weight excluding hydrogens is 394 g/mol. The number of hydrogen-bond acceptors (Lipinski definition) is 6. The number of nitrogens with two attached hydrogens (primary N) is 1. The lowest BCUT2D eigenvalue weighted by Gasteiger charge is -2.43. The minimum absolute atomic E-state index is 0.119. The summed E-state index contributed by atoms with van der Waals surface area (Å²) in [6, 6.07) is 8.91. The number of fused-ring (bicyclic) bond motifs is 1. The van der Waals surface area contributed by atoms with Crippen molar-refractivity contribution in [3.63, 3.8) is 0 Å². The Kier molecular flexibility index (Phi) is 5.71. The molecule has 0 saturated heterocycles. The van der Waals surface area contributed by atoms with Crippen molar-refractivity contribution in [1.82, 2.24) is 4.98 Å². The molecule has 0 spiro atoms. The van der Waals surface area contributed by atoms with E-state index in [0.29, 0.717) is 28.9 Å². The lowest BCUT2D eigenvalue weighted by atomic mass is 10.0. The fourth-order valence-corrected chi connectivity index (χ4v) is 4.64. The molecule has 4 rings (SSSR count). The molecule has 3 N–H and O–H groups in total. The standard InChI is InChI=1S/C23H29N5O3/c1-4-17-23(30)27(2)18-11-12-20(26-22(18)28(17)15-7-5-6-8-15)25-16-10-9-14(21(24)29)13-19(16)31-3/h9-13,15,17H,4-8H2,1-3H3,(H2,24,29)(H,25,26)/t17-/m1/s1. The van der Waals surface area contributed by atoms with Crippen LogP contribution < -0.4 is 25.6 Å². The van der Waals surface area contributed by atoms with E-state index in [1.165, 1.54) is 12.8 Å². The van der Waals surface area contributed by atoms with Gasteiger partial charge in [-0.3, -0.25) is 9.59 Å². The Labute approximate surface area is 182 Å². The summed E-state index contributed by atoms with van der Waals surface area (Å²) in [7, 11) is 3.36. The number of nitrogens with one attached hydrogen (secondary N) is 1. The highest BCUT2D eigenvalue weighted by molar-refractivity contribution is 6.04. The second-order valence-corrected chi connectivity index (χ2v) is 8.11. The molecule has 8 nitrogen and oxygen atoms in total. The Morgan fingerprint density at radius 3 is 2.65 bits per heavy atom. The summed E-state index contributed by atoms with van der Waals surface area (Å²) < 4.78 is 5.43. The molecule has 1 aliphatic carbocycles. The highest BCUT2D eigenvalue weighted by Crippen LogP contribution is 2.41. The zero-order valence-corrected chi connectivity index (χ0v) is 18.2. The van der Waals surface area contributed by atoms with Crippen molar-refractivity contribution in [2.24, 2.45) is 5.73 Å². The molecule has 2 heterocycles. The summed E-state index contributed by atoms with van der Waals surface area (Å²) in [5.41, 5.74) is 7.25. The van der Waals surface area contributed by atoms with Gasteiger partial charge in [0, 0.05) is 18.7 Å². The fourth-order valence-electron chi connectivity index (χ4n) is 4.64. The average molecular weight is 424 g/mol. The number of aromatic nitrogens is 1. The molecule has 1 fully saturated rings. The van der Waals surface area contributed by atoms with E-state index in [2.05, 4.69) is 17.1 Å². The molecule has 1 aromatic carbocycles. The normalized spacial score (nSPS) is 18.8. The molecule has 2 amide bonds. The lowest BCUT2D eigenvalue weighted by molar-refractivity contribution is -0.120. The minimum Gasteiger partial charge on any atom is -0.495 e. The van der Waals surface area contributed by atoms with Crippen LogP contribution in [0.1, 0.15) is 49.4 Å². The number of benzene rings is 1. The topological polar surface area (TPSA) is 101 Å². The maximum Gasteiger partial charge on any atom is 0.249 e. The molecule has 0 radical (unpaired) electrons. The number of methoxy groups -OCH3 is 1. The Morgan fingerprint density at radius 1 is 1.26 bits per heavy atom. The first-order valence-electron chi connectivity index (χ1n) is 10.8. The van der Waals surface area contributed by atoms with Crippen LogP contribution in [-0.4, -0.2) is 43.0 Å². The molecule has 31 heavy (non-hydrogen) atoms. The molecule has 1 aromatic heterocycles. The second-order valence-electron chi connectivity index (χ2n) is 8.11. The van der Waals surface area contributed by atoms with Crippen LogP contribution in [0.25, 0.3) is 0 Å². The third kappa shape index (κ3) is 3.78. The molecule has 1 aliphatic heterocycles. The van der Waals surface area contributed by atoms with E-state index in [-0.39, 0.29) is 11.9 Å². The summed E-state index contributed by atoms with van der Waals surface area (Å²) in [5.74, 6) is 1.58. The number of nitrogens with zero attached hydrogens (tertiary/aromatic N) is 3. The number of pyridine rings is 1. The van der Waals surface area contributed by atoms with E-state index in [1.807, 2.05) is 19.2 Å². The molecule has 2 aromatic rings. The number of carbonyl (C=O) groups is 2. The van der Waals surface area contributed by atoms with Gasteiger partial charge in [0.1, 0.15) is 17.6 Å². The molecule has 1 atom stereocenters. The summed E-state index contributed by atoms with van der Waals surface area (Å²) >= 11 is 0. The van der Waals surface area contributed by atoms with Crippen molar-refractivity contribution >= 4 is 34.8 Å². The quantitative estimate of drug-likeness (QED) is 0.738. The second kappa shape index (κ2) is 8.45. The van der Waals surface area contributed by atoms with Gasteiger partial charge < -0.3 is 25.6 Å². The van der Waals surface area contributed by atoms with Crippen LogP contribution in [0.15, 0.2) is 30.3 Å². The van der Waals surface area contributed by atoms with Crippen molar-refractivity contribution in [3.8, 4) is 5.75 Å². The van der Waals surface area contributed by atoms with Gasteiger partial charge in [0.25, 0.3) is 0 Å². The number of rotatable bonds is 6. The van der Waals surface area contributed by atoms with Crippen LogP contribution in [0.5, 0.6) is 5.75 Å². The van der Waals surface area contributed by atoms with Gasteiger partial charge in [-0.25, -0.2) is 4.98 Å². The number of likely N-dealkylation sites (N-methyl/N-ethyl adjacent to an activating group) is 1. The molecular formula is C23H29N5O3. The number of amides is 2. The first-order valence-corrected chi connectivity index (χ1v) is 10.8. The molecule has 2 aliphatic rings. The Bertz CT molecular complexity index is 1000. The van der Waals surface area contributed by atoms with E-state index in [1.54, 1.807) is 30.2 Å². The molecule has 8 heteroatoms. The van der Waals surface area contributed by atoms with Crippen LogP contribution in [0.4, 0.5) is 23.0 Å². The number of ether oxygens (including phenoxy) is 1. The Balaban J connectivity index is 1.72. The van der Waals surface area contributed by atoms with Gasteiger partial charge >= 0.3 is 0 Å². The summed E-state index contributed by atoms with van der Waals surface area (Å²) in [5, 5.41) is 3.29. The van der Waals surface area contributed by atoms with Gasteiger partial charge in [-0.05, 0) is 49.6 Å². The maximum absolute atomic E-state index is 13.0. The van der Waals surface area contributed by atoms with Gasteiger partial charge in [0.2, 0.25) is 11.8 Å². The number of anilines is 4. The van der Waals surface area contributed by atoms with Gasteiger partial charge in [0.15, 0.2) is 5.82 Å². The van der Waals surface area contributed by atoms with Crippen LogP contribution in [0, 0.1) is 0 Å². The van der Waals surface area contributed by atoms with Gasteiger partial charge in [-0.1, -0.05) is 19.8 Å². The third-order valence-electron chi connectivity index (χ3n) is 6.27. The van der Waals surface area contributed by atoms with Gasteiger partial charge in [0.05, 0.1) is 18.5 Å². The van der Waals surface area contributed by atoms with E-state index in [0.717, 1.165) is 30.8 Å². The summed E-state index contributed by atoms with van der Waals surface area (Å²) in [4.78, 5) is 33.4. The number of carbonyl (C=O) groups excluding carboxylic acids is 2. The lowest BCUT2D eigenvalue weighted by Crippen LogP contribution is -2.55. The Hall–Kier alpha value is -3.29. The molecule has 0 unspecified atom stereocenters. The Morgan fingerprint density at radius 2 is 2.00 bits per heavy atom. The van der Waals surface area contributed by atoms with Crippen molar-refractivity contribution in [2.45, 2.75) is 51.1 Å². The van der Waals surface area contributed by atoms with Crippen LogP contribution in [0.3, 0.4) is 0 Å². The zero-order chi connectivity index (χ0) is 22.1. The smallest absolute Gasteiger partial charge is 0.249 e. The van der Waals surface area contributed by atoms with Crippen LogP contribution >= 0.6 is 0 Å². The van der Waals surface area contributed by atoms with Crippen LogP contribution in [0.2, 0.25) is 0 Å². The molecule has 1 saturated carbocycles. The number of hydrogen-bond donors (Lipinski definition) is 2. The van der Waals surface area contributed by atoms with E-state index in [4.69, 9.17) is 15.5 Å². The average Bonchev–Trinajstić information content (AvgIpc) is 3.30. The van der Waals surface area contributed by atoms with Crippen molar-refractivity contribution in [2.75, 3.05) is 29.3 Å². The molecule has 0 bridgehead atoms. The SMILES string of the molecule is CC[C@@H]1C(=O)N(C)c2ccc(Nc3ccc(C(N)=O)cc3OC)nc2N1C1CCCC1. The summed E-state index contributed by atoms with van der Waals surface area (Å²) in [6.45, 7) is 2.05. The first-order chi connectivity index (χ1) is 14.9. The number of primary amides is 1. The predicted octanol–water partition coefficient (Wildman–Crippen LogP) is 3.44. The van der Waals surface area contributed by atoms with E-state index in [9.17, 15) is 9.59 Å². The highest BCUT2D eigenvalue weighted by Gasteiger charge is 2.40. The largest absolute Gasteiger partial charge is 0.495 e. The first kappa shape index (κ1) is 21.0. The molecule has 164 valence electrons. The predicted molar refractivity (Wildman–Crippen MR) is 121 cm³/mol. The van der Waals surface area contributed by atoms with Crippen LogP contribution in [-0.2, 0) is 4.79 Å². The van der Waals surface area contributed by atoms with Gasteiger partial charge in [-0.2, -0.15) is 0 Å². The van der Waals surface area contributed by atoms with Crippen molar-refractivity contribution in [1.29, 1.82) is 0 Å². The van der Waals surface area contributed by atoms with Crippen molar-refractivity contribution < 1.29 is 14.3 Å². The zero-order valence-electron chi connectivity index (χ0n) is 18.2. The van der Waals surface area contributed by atoms with E-state index >= 15 is 0 Å². The minimum atomic E-state index is -0.512. The summed E-state index contributed by atoms with van der Waals surface area (Å²) in [6.07, 6.45) is 5.25. The highest BCUT2D eigenvalue weighted by atomic mass is 16.5. The van der Waals surface area contributed by atoms with Crippen molar-refractivity contribution in [3.05, 3.63) is 35.9 Å². The third-order valence-corrected chi connectivity index (χ3v) is 6.27. The van der Waals surface area contributed by atoms with E-state index < -0.39 is 5.91 Å². The maximum atomic E-state index is 13.0.